The lowest BCUT2D eigenvalue weighted by Crippen LogP contribution is -2.41. The van der Waals surface area contributed by atoms with E-state index in [2.05, 4.69) is 32.4 Å². The largest absolute Gasteiger partial charge is 0.352 e. The molecule has 0 radical (unpaired) electrons. The Kier molecular flexibility index (Phi) is 8.03. The van der Waals surface area contributed by atoms with Crippen LogP contribution in [-0.2, 0) is 10.5 Å². The van der Waals surface area contributed by atoms with Crippen molar-refractivity contribution in [2.75, 3.05) is 5.75 Å². The van der Waals surface area contributed by atoms with E-state index in [4.69, 9.17) is 0 Å². The molecule has 0 spiro atoms. The van der Waals surface area contributed by atoms with Crippen LogP contribution in [0.4, 0.5) is 0 Å². The van der Waals surface area contributed by atoms with Gasteiger partial charge in [-0.2, -0.15) is 0 Å². The lowest BCUT2D eigenvalue weighted by Gasteiger charge is -2.29. The van der Waals surface area contributed by atoms with Crippen LogP contribution < -0.4 is 5.32 Å². The van der Waals surface area contributed by atoms with Gasteiger partial charge in [0.25, 0.3) is 0 Å². The number of hydrogen-bond acceptors (Lipinski definition) is 7. The summed E-state index contributed by atoms with van der Waals surface area (Å²) in [5.74, 6) is 2.30. The first-order chi connectivity index (χ1) is 16.0. The molecule has 1 amide bonds. The summed E-state index contributed by atoms with van der Waals surface area (Å²) < 4.78 is 2.02. The van der Waals surface area contributed by atoms with Gasteiger partial charge in [0, 0.05) is 23.1 Å². The summed E-state index contributed by atoms with van der Waals surface area (Å²) in [6.07, 6.45) is 4.71. The van der Waals surface area contributed by atoms with Gasteiger partial charge in [0.05, 0.1) is 11.5 Å². The summed E-state index contributed by atoms with van der Waals surface area (Å²) in [5, 5.41) is 13.5. The molecule has 1 N–H and O–H groups in total. The van der Waals surface area contributed by atoms with E-state index in [0.717, 1.165) is 34.5 Å². The van der Waals surface area contributed by atoms with Gasteiger partial charge in [-0.1, -0.05) is 61.5 Å². The van der Waals surface area contributed by atoms with Gasteiger partial charge in [0.1, 0.15) is 5.82 Å². The third-order valence-corrected chi connectivity index (χ3v) is 7.57. The number of amides is 1. The minimum atomic E-state index is 0.0564. The van der Waals surface area contributed by atoms with Crippen molar-refractivity contribution in [3.8, 4) is 5.69 Å². The van der Waals surface area contributed by atoms with Crippen LogP contribution in [0.5, 0.6) is 0 Å². The fourth-order valence-corrected chi connectivity index (χ4v) is 5.76. The highest BCUT2D eigenvalue weighted by Gasteiger charge is 2.23. The summed E-state index contributed by atoms with van der Waals surface area (Å²) in [6, 6.07) is 12.3. The lowest BCUT2D eigenvalue weighted by atomic mass is 9.86. The van der Waals surface area contributed by atoms with Crippen molar-refractivity contribution < 1.29 is 4.79 Å². The second-order valence-electron chi connectivity index (χ2n) is 8.52. The molecule has 1 aliphatic rings. The summed E-state index contributed by atoms with van der Waals surface area (Å²) in [7, 11) is 0. The van der Waals surface area contributed by atoms with Gasteiger partial charge < -0.3 is 5.32 Å². The molecule has 0 saturated heterocycles. The predicted octanol–water partition coefficient (Wildman–Crippen LogP) is 4.75. The van der Waals surface area contributed by atoms with Crippen LogP contribution in [0.25, 0.3) is 5.69 Å². The predicted molar refractivity (Wildman–Crippen MR) is 133 cm³/mol. The Balaban J connectivity index is 1.47. The Labute approximate surface area is 203 Å². The number of rotatable bonds is 8. The fraction of sp³-hybridized carbons (Fsp3) is 0.458. The van der Waals surface area contributed by atoms with Gasteiger partial charge in [-0.3, -0.25) is 9.36 Å². The Morgan fingerprint density at radius 2 is 1.79 bits per heavy atom. The van der Waals surface area contributed by atoms with E-state index in [-0.39, 0.29) is 11.9 Å². The van der Waals surface area contributed by atoms with E-state index in [9.17, 15) is 4.79 Å². The number of aromatic nitrogens is 5. The van der Waals surface area contributed by atoms with Gasteiger partial charge in [-0.05, 0) is 50.8 Å². The number of hydrogen-bond donors (Lipinski definition) is 1. The maximum atomic E-state index is 12.6. The molecule has 9 heteroatoms. The van der Waals surface area contributed by atoms with E-state index in [1.54, 1.807) is 0 Å². The molecule has 1 fully saturated rings. The molecule has 3 aromatic rings. The topological polar surface area (TPSA) is 85.6 Å². The smallest absolute Gasteiger partial charge is 0.230 e. The zero-order valence-corrected chi connectivity index (χ0v) is 21.0. The number of para-hydroxylation sites is 1. The van der Waals surface area contributed by atoms with Gasteiger partial charge in [0.2, 0.25) is 5.91 Å². The molecule has 2 atom stereocenters. The van der Waals surface area contributed by atoms with Crippen molar-refractivity contribution in [3.05, 3.63) is 53.6 Å². The standard InChI is InChI=1S/C24H30N6OS2/c1-16-9-7-8-12-20(16)27-22(31)15-33-24-29-28-21(30(24)19-10-5-4-6-11-19)14-32-23-25-17(2)13-18(3)26-23/h4-6,10-11,13,16,20H,7-9,12,14-15H2,1-3H3,(H,27,31)/t16-,20-/m0/s1. The molecule has 33 heavy (non-hydrogen) atoms. The molecule has 1 saturated carbocycles. The molecular weight excluding hydrogens is 452 g/mol. The highest BCUT2D eigenvalue weighted by molar-refractivity contribution is 7.99. The molecule has 4 rings (SSSR count). The van der Waals surface area contributed by atoms with Crippen molar-refractivity contribution >= 4 is 29.4 Å². The zero-order valence-electron chi connectivity index (χ0n) is 19.3. The van der Waals surface area contributed by atoms with Crippen LogP contribution >= 0.6 is 23.5 Å². The third kappa shape index (κ3) is 6.35. The first-order valence-corrected chi connectivity index (χ1v) is 13.3. The Morgan fingerprint density at radius 1 is 1.06 bits per heavy atom. The lowest BCUT2D eigenvalue weighted by molar-refractivity contribution is -0.119. The average Bonchev–Trinajstić information content (AvgIpc) is 3.21. The Hall–Kier alpha value is -2.39. The van der Waals surface area contributed by atoms with Crippen LogP contribution in [0.3, 0.4) is 0 Å². The van der Waals surface area contributed by atoms with Crippen LogP contribution in [0.15, 0.2) is 46.7 Å². The highest BCUT2D eigenvalue weighted by Crippen LogP contribution is 2.27. The van der Waals surface area contributed by atoms with Crippen LogP contribution in [0.1, 0.15) is 49.8 Å². The number of nitrogens with one attached hydrogen (secondary N) is 1. The fourth-order valence-electron chi connectivity index (χ4n) is 4.12. The minimum absolute atomic E-state index is 0.0564. The summed E-state index contributed by atoms with van der Waals surface area (Å²) in [4.78, 5) is 21.7. The van der Waals surface area contributed by atoms with Gasteiger partial charge >= 0.3 is 0 Å². The van der Waals surface area contributed by atoms with E-state index < -0.39 is 0 Å². The number of carbonyl (C=O) groups excluding carboxylic acids is 1. The Morgan fingerprint density at radius 3 is 2.52 bits per heavy atom. The van der Waals surface area contributed by atoms with Crippen molar-refractivity contribution in [3.63, 3.8) is 0 Å². The third-order valence-electron chi connectivity index (χ3n) is 5.80. The van der Waals surface area contributed by atoms with Gasteiger partial charge in [0.15, 0.2) is 10.3 Å². The molecule has 0 bridgehead atoms. The average molecular weight is 483 g/mol. The molecule has 0 aliphatic heterocycles. The van der Waals surface area contributed by atoms with E-state index in [0.29, 0.717) is 22.6 Å². The molecule has 2 heterocycles. The number of thioether (sulfide) groups is 2. The quantitative estimate of drug-likeness (QED) is 0.366. The van der Waals surface area contributed by atoms with Crippen molar-refractivity contribution in [2.45, 2.75) is 68.6 Å². The molecule has 7 nitrogen and oxygen atoms in total. The molecule has 1 aromatic carbocycles. The van der Waals surface area contributed by atoms with Crippen molar-refractivity contribution in [1.82, 2.24) is 30.0 Å². The van der Waals surface area contributed by atoms with E-state index in [1.165, 1.54) is 42.8 Å². The first kappa shape index (κ1) is 23.8. The number of carbonyl (C=O) groups is 1. The van der Waals surface area contributed by atoms with E-state index in [1.807, 2.05) is 54.8 Å². The molecular formula is C24H30N6OS2. The monoisotopic (exact) mass is 482 g/mol. The highest BCUT2D eigenvalue weighted by atomic mass is 32.2. The molecule has 1 aliphatic carbocycles. The molecule has 174 valence electrons. The van der Waals surface area contributed by atoms with Crippen LogP contribution in [0.2, 0.25) is 0 Å². The second kappa shape index (κ2) is 11.2. The number of benzene rings is 1. The SMILES string of the molecule is Cc1cc(C)nc(SCc2nnc(SCC(=O)N[C@H]3CCCC[C@@H]3C)n2-c2ccccc2)n1. The maximum absolute atomic E-state index is 12.6. The van der Waals surface area contributed by atoms with E-state index >= 15 is 0 Å². The zero-order chi connectivity index (χ0) is 23.2. The number of nitrogens with zero attached hydrogens (tertiary/aromatic N) is 5. The normalized spacial score (nSPS) is 18.3. The molecule has 0 unspecified atom stereocenters. The van der Waals surface area contributed by atoms with Gasteiger partial charge in [-0.15, -0.1) is 10.2 Å². The molecule has 2 aromatic heterocycles. The minimum Gasteiger partial charge on any atom is -0.352 e. The summed E-state index contributed by atoms with van der Waals surface area (Å²) in [6.45, 7) is 6.17. The second-order valence-corrected chi connectivity index (χ2v) is 10.4. The Bertz CT molecular complexity index is 1070. The van der Waals surface area contributed by atoms with Crippen LogP contribution in [-0.4, -0.2) is 42.4 Å². The summed E-state index contributed by atoms with van der Waals surface area (Å²) >= 11 is 2.96. The first-order valence-electron chi connectivity index (χ1n) is 11.4. The summed E-state index contributed by atoms with van der Waals surface area (Å²) in [5.41, 5.74) is 2.87. The van der Waals surface area contributed by atoms with Gasteiger partial charge in [-0.25, -0.2) is 9.97 Å². The number of aryl methyl sites for hydroxylation is 2. The van der Waals surface area contributed by atoms with Crippen molar-refractivity contribution in [2.24, 2.45) is 5.92 Å². The van der Waals surface area contributed by atoms with Crippen LogP contribution in [0, 0.1) is 19.8 Å². The van der Waals surface area contributed by atoms with Crippen molar-refractivity contribution in [1.29, 1.82) is 0 Å². The maximum Gasteiger partial charge on any atom is 0.230 e.